The molecular formula is C21H23NO4. The van der Waals surface area contributed by atoms with E-state index in [2.05, 4.69) is 29.6 Å². The molecule has 1 N–H and O–H groups in total. The summed E-state index contributed by atoms with van der Waals surface area (Å²) < 4.78 is 17.3. The molecule has 0 saturated carbocycles. The summed E-state index contributed by atoms with van der Waals surface area (Å²) in [6.07, 6.45) is 2.18. The van der Waals surface area contributed by atoms with Gasteiger partial charge in [0.05, 0.1) is 7.11 Å². The number of fused-ring (bicyclic) bond motifs is 1. The van der Waals surface area contributed by atoms with E-state index in [9.17, 15) is 4.79 Å². The Kier molecular flexibility index (Phi) is 4.23. The molecule has 1 atom stereocenters. The minimum Gasteiger partial charge on any atom is -0.493 e. The summed E-state index contributed by atoms with van der Waals surface area (Å²) in [7, 11) is 1.64. The van der Waals surface area contributed by atoms with E-state index in [1.54, 1.807) is 7.11 Å². The maximum Gasteiger partial charge on any atom is 0.408 e. The van der Waals surface area contributed by atoms with Gasteiger partial charge in [-0.1, -0.05) is 30.3 Å². The van der Waals surface area contributed by atoms with E-state index in [4.69, 9.17) is 14.2 Å². The highest BCUT2D eigenvalue weighted by Gasteiger charge is 2.35. The maximum atomic E-state index is 11.7. The van der Waals surface area contributed by atoms with Gasteiger partial charge in [-0.3, -0.25) is 0 Å². The van der Waals surface area contributed by atoms with Crippen LogP contribution in [0.4, 0.5) is 4.79 Å². The molecule has 26 heavy (non-hydrogen) atoms. The number of methoxy groups -OCH3 is 1. The summed E-state index contributed by atoms with van der Waals surface area (Å²) in [5.74, 6) is 1.38. The van der Waals surface area contributed by atoms with Crippen LogP contribution in [0, 0.1) is 0 Å². The third-order valence-electron chi connectivity index (χ3n) is 5.27. The van der Waals surface area contributed by atoms with Gasteiger partial charge in [0, 0.05) is 25.8 Å². The topological polar surface area (TPSA) is 56.8 Å². The zero-order valence-electron chi connectivity index (χ0n) is 15.1. The van der Waals surface area contributed by atoms with Gasteiger partial charge in [-0.15, -0.1) is 0 Å². The van der Waals surface area contributed by atoms with E-state index in [-0.39, 0.29) is 12.2 Å². The van der Waals surface area contributed by atoms with Gasteiger partial charge in [-0.05, 0) is 35.7 Å². The molecule has 0 aromatic heterocycles. The molecule has 4 rings (SSSR count). The van der Waals surface area contributed by atoms with Crippen LogP contribution in [0.5, 0.6) is 11.5 Å². The van der Waals surface area contributed by atoms with Crippen molar-refractivity contribution in [3.63, 3.8) is 0 Å². The molecule has 2 aromatic carbocycles. The molecule has 136 valence electrons. The van der Waals surface area contributed by atoms with E-state index >= 15 is 0 Å². The fourth-order valence-electron chi connectivity index (χ4n) is 3.78. The molecule has 1 aliphatic carbocycles. The number of amides is 1. The summed E-state index contributed by atoms with van der Waals surface area (Å²) >= 11 is 0. The Morgan fingerprint density at radius 3 is 2.50 bits per heavy atom. The van der Waals surface area contributed by atoms with Crippen LogP contribution in [-0.2, 0) is 23.2 Å². The Labute approximate surface area is 153 Å². The minimum absolute atomic E-state index is 0.0833. The van der Waals surface area contributed by atoms with Crippen molar-refractivity contribution in [2.24, 2.45) is 0 Å². The molecule has 0 radical (unpaired) electrons. The van der Waals surface area contributed by atoms with Gasteiger partial charge < -0.3 is 19.5 Å². The van der Waals surface area contributed by atoms with E-state index in [0.717, 1.165) is 18.4 Å². The molecule has 2 aromatic rings. The molecule has 1 fully saturated rings. The average Bonchev–Trinajstić information content (AvgIpc) is 3.04. The van der Waals surface area contributed by atoms with Crippen LogP contribution in [0.15, 0.2) is 42.5 Å². The molecular weight excluding hydrogens is 330 g/mol. The number of nitrogens with one attached hydrogen (secondary N) is 1. The van der Waals surface area contributed by atoms with Gasteiger partial charge in [-0.2, -0.15) is 0 Å². The standard InChI is InChI=1S/C21H23NO4/c1-21(9-10-22-20(23)26-21)16-7-8-18(24-2)19(13-16)25-17-11-14-5-3-4-6-15(14)12-17/h3-8,13,17H,9-12H2,1-2H3,(H,22,23)/t21-/m0/s1. The average molecular weight is 353 g/mol. The van der Waals surface area contributed by atoms with Gasteiger partial charge in [-0.25, -0.2) is 4.79 Å². The normalized spacial score (nSPS) is 22.3. The van der Waals surface area contributed by atoms with Gasteiger partial charge in [0.15, 0.2) is 11.5 Å². The van der Waals surface area contributed by atoms with Gasteiger partial charge in [0.2, 0.25) is 0 Å². The Morgan fingerprint density at radius 2 is 1.85 bits per heavy atom. The summed E-state index contributed by atoms with van der Waals surface area (Å²) in [5, 5.41) is 2.70. The van der Waals surface area contributed by atoms with Crippen molar-refractivity contribution in [2.45, 2.75) is 37.9 Å². The summed E-state index contributed by atoms with van der Waals surface area (Å²) in [5.41, 5.74) is 2.93. The van der Waals surface area contributed by atoms with Gasteiger partial charge in [0.1, 0.15) is 11.7 Å². The zero-order chi connectivity index (χ0) is 18.1. The number of hydrogen-bond donors (Lipinski definition) is 1. The van der Waals surface area contributed by atoms with Crippen molar-refractivity contribution in [1.82, 2.24) is 5.32 Å². The quantitative estimate of drug-likeness (QED) is 0.913. The minimum atomic E-state index is -0.661. The number of carbonyl (C=O) groups is 1. The lowest BCUT2D eigenvalue weighted by molar-refractivity contribution is -0.00301. The number of rotatable bonds is 4. The van der Waals surface area contributed by atoms with Crippen LogP contribution in [0.3, 0.4) is 0 Å². The molecule has 1 aliphatic heterocycles. The molecule has 1 amide bonds. The first kappa shape index (κ1) is 16.8. The van der Waals surface area contributed by atoms with Crippen LogP contribution < -0.4 is 14.8 Å². The first-order chi connectivity index (χ1) is 12.6. The van der Waals surface area contributed by atoms with Crippen molar-refractivity contribution in [1.29, 1.82) is 0 Å². The van der Waals surface area contributed by atoms with Crippen molar-refractivity contribution in [3.05, 3.63) is 59.2 Å². The lowest BCUT2D eigenvalue weighted by atomic mass is 9.91. The molecule has 0 bridgehead atoms. The van der Waals surface area contributed by atoms with E-state index < -0.39 is 5.60 Å². The number of benzene rings is 2. The Balaban J connectivity index is 1.58. The Bertz CT molecular complexity index is 810. The Hall–Kier alpha value is -2.69. The molecule has 1 saturated heterocycles. The number of alkyl carbamates (subject to hydrolysis) is 1. The SMILES string of the molecule is COc1ccc([C@]2(C)CCNC(=O)O2)cc1OC1Cc2ccccc2C1. The van der Waals surface area contributed by atoms with E-state index in [1.807, 2.05) is 25.1 Å². The lowest BCUT2D eigenvalue weighted by Gasteiger charge is -2.34. The molecule has 1 heterocycles. The molecule has 5 heteroatoms. The van der Waals surface area contributed by atoms with Crippen LogP contribution in [-0.4, -0.2) is 25.9 Å². The Morgan fingerprint density at radius 1 is 1.12 bits per heavy atom. The predicted molar refractivity (Wildman–Crippen MR) is 97.7 cm³/mol. The highest BCUT2D eigenvalue weighted by molar-refractivity contribution is 5.69. The second-order valence-electron chi connectivity index (χ2n) is 7.08. The third-order valence-corrected chi connectivity index (χ3v) is 5.27. The number of cyclic esters (lactones) is 1. The maximum absolute atomic E-state index is 11.7. The van der Waals surface area contributed by atoms with Crippen LogP contribution in [0.25, 0.3) is 0 Å². The number of carbonyl (C=O) groups excluding carboxylic acids is 1. The third kappa shape index (κ3) is 3.09. The zero-order valence-corrected chi connectivity index (χ0v) is 15.1. The van der Waals surface area contributed by atoms with Crippen molar-refractivity contribution >= 4 is 6.09 Å². The number of hydrogen-bond acceptors (Lipinski definition) is 4. The largest absolute Gasteiger partial charge is 0.493 e. The smallest absolute Gasteiger partial charge is 0.408 e. The van der Waals surface area contributed by atoms with Crippen molar-refractivity contribution in [2.75, 3.05) is 13.7 Å². The van der Waals surface area contributed by atoms with E-state index in [0.29, 0.717) is 24.5 Å². The lowest BCUT2D eigenvalue weighted by Crippen LogP contribution is -2.43. The van der Waals surface area contributed by atoms with Crippen LogP contribution in [0.2, 0.25) is 0 Å². The molecule has 2 aliphatic rings. The van der Waals surface area contributed by atoms with Gasteiger partial charge in [0.25, 0.3) is 0 Å². The van der Waals surface area contributed by atoms with Crippen molar-refractivity contribution < 1.29 is 19.0 Å². The summed E-state index contributed by atoms with van der Waals surface area (Å²) in [6, 6.07) is 14.2. The first-order valence-corrected chi connectivity index (χ1v) is 8.96. The second-order valence-corrected chi connectivity index (χ2v) is 7.08. The summed E-state index contributed by atoms with van der Waals surface area (Å²) in [4.78, 5) is 11.7. The van der Waals surface area contributed by atoms with Crippen molar-refractivity contribution in [3.8, 4) is 11.5 Å². The monoisotopic (exact) mass is 353 g/mol. The fraction of sp³-hybridized carbons (Fsp3) is 0.381. The molecule has 5 nitrogen and oxygen atoms in total. The predicted octanol–water partition coefficient (Wildman–Crippen LogP) is 3.59. The second kappa shape index (κ2) is 6.56. The highest BCUT2D eigenvalue weighted by Crippen LogP contribution is 2.38. The fourth-order valence-corrected chi connectivity index (χ4v) is 3.78. The highest BCUT2D eigenvalue weighted by atomic mass is 16.6. The van der Waals surface area contributed by atoms with Crippen LogP contribution >= 0.6 is 0 Å². The van der Waals surface area contributed by atoms with Crippen LogP contribution in [0.1, 0.15) is 30.0 Å². The molecule has 0 spiro atoms. The summed E-state index contributed by atoms with van der Waals surface area (Å²) in [6.45, 7) is 2.53. The van der Waals surface area contributed by atoms with Gasteiger partial charge >= 0.3 is 6.09 Å². The number of ether oxygens (including phenoxy) is 3. The van der Waals surface area contributed by atoms with E-state index in [1.165, 1.54) is 11.1 Å². The molecule has 0 unspecified atom stereocenters. The first-order valence-electron chi connectivity index (χ1n) is 8.96.